The number of aliphatic hydroxyl groups excluding tert-OH is 1. The first-order valence-corrected chi connectivity index (χ1v) is 15.9. The van der Waals surface area contributed by atoms with Crippen LogP contribution in [0.1, 0.15) is 41.6 Å². The Labute approximate surface area is 236 Å². The van der Waals surface area contributed by atoms with E-state index >= 15 is 0 Å². The van der Waals surface area contributed by atoms with Gasteiger partial charge in [0.15, 0.2) is 0 Å². The van der Waals surface area contributed by atoms with Crippen LogP contribution in [0.15, 0.2) is 30.3 Å². The lowest BCUT2D eigenvalue weighted by Crippen LogP contribution is -2.37. The molecule has 6 rings (SSSR count). The Morgan fingerprint density at radius 1 is 0.950 bits per heavy atom. The predicted octanol–water partition coefficient (Wildman–Crippen LogP) is 2.88. The van der Waals surface area contributed by atoms with Gasteiger partial charge in [-0.3, -0.25) is 9.52 Å². The molecule has 0 aromatic heterocycles. The van der Waals surface area contributed by atoms with E-state index in [1.807, 2.05) is 0 Å². The van der Waals surface area contributed by atoms with Crippen molar-refractivity contribution in [2.45, 2.75) is 32.1 Å². The van der Waals surface area contributed by atoms with Crippen LogP contribution < -0.4 is 24.7 Å². The number of ether oxygens (including phenoxy) is 1. The normalized spacial score (nSPS) is 20.0. The van der Waals surface area contributed by atoms with Crippen LogP contribution >= 0.6 is 0 Å². The van der Waals surface area contributed by atoms with Gasteiger partial charge in [0.1, 0.15) is 0 Å². The molecule has 40 heavy (non-hydrogen) atoms. The zero-order valence-corrected chi connectivity index (χ0v) is 23.9. The number of hydrogen-bond acceptors (Lipinski definition) is 8. The third kappa shape index (κ3) is 5.59. The van der Waals surface area contributed by atoms with Gasteiger partial charge in [-0.2, -0.15) is 0 Å². The summed E-state index contributed by atoms with van der Waals surface area (Å²) in [6.07, 6.45) is 5.63. The highest BCUT2D eigenvalue weighted by Gasteiger charge is 2.44. The quantitative estimate of drug-likeness (QED) is 0.445. The van der Waals surface area contributed by atoms with E-state index in [1.165, 1.54) is 24.1 Å². The first-order valence-electron chi connectivity index (χ1n) is 14.3. The zero-order chi connectivity index (χ0) is 27.9. The number of carbonyl (C=O) groups excluding carboxylic acids is 1. The Kier molecular flexibility index (Phi) is 7.30. The minimum atomic E-state index is -3.68. The van der Waals surface area contributed by atoms with Crippen LogP contribution in [0.2, 0.25) is 0 Å². The van der Waals surface area contributed by atoms with Crippen LogP contribution in [0.5, 0.6) is 0 Å². The number of aliphatic hydroxyl groups is 1. The van der Waals surface area contributed by atoms with E-state index in [9.17, 15) is 13.2 Å². The fraction of sp³-hybridized carbons (Fsp3) is 0.552. The number of amides is 1. The molecule has 1 amide bonds. The highest BCUT2D eigenvalue weighted by Crippen LogP contribution is 2.54. The molecule has 1 spiro atoms. The lowest BCUT2D eigenvalue weighted by molar-refractivity contribution is 0.102. The second-order valence-corrected chi connectivity index (χ2v) is 13.4. The van der Waals surface area contributed by atoms with E-state index in [4.69, 9.17) is 9.84 Å². The third-order valence-electron chi connectivity index (χ3n) is 8.87. The van der Waals surface area contributed by atoms with Crippen LogP contribution in [0.4, 0.5) is 28.4 Å². The number of likely N-dealkylation sites (N-methyl/N-ethyl adjacent to an activating group) is 1. The molecule has 0 bridgehead atoms. The number of fused-ring (bicyclic) bond motifs is 1. The molecule has 3 heterocycles. The number of anilines is 5. The molecule has 3 aliphatic heterocycles. The van der Waals surface area contributed by atoms with Crippen molar-refractivity contribution in [1.29, 1.82) is 0 Å². The molecule has 2 saturated heterocycles. The Bertz CT molecular complexity index is 1380. The van der Waals surface area contributed by atoms with Crippen LogP contribution in [0, 0.1) is 5.41 Å². The van der Waals surface area contributed by atoms with Gasteiger partial charge in [0.25, 0.3) is 5.91 Å². The first-order chi connectivity index (χ1) is 19.3. The molecule has 1 saturated carbocycles. The number of carbonyl (C=O) groups is 1. The fourth-order valence-corrected chi connectivity index (χ4v) is 7.15. The van der Waals surface area contributed by atoms with E-state index in [2.05, 4.69) is 43.9 Å². The summed E-state index contributed by atoms with van der Waals surface area (Å²) in [5.41, 5.74) is 6.43. The van der Waals surface area contributed by atoms with E-state index in [0.717, 1.165) is 69.0 Å². The number of sulfonamides is 1. The monoisotopic (exact) mass is 569 g/mol. The average molecular weight is 570 g/mol. The van der Waals surface area contributed by atoms with Crippen molar-refractivity contribution in [3.63, 3.8) is 0 Å². The van der Waals surface area contributed by atoms with Gasteiger partial charge in [-0.05, 0) is 73.4 Å². The number of hydrogen-bond donors (Lipinski definition) is 3. The molecule has 10 nitrogen and oxygen atoms in total. The number of nitrogens with zero attached hydrogens (tertiary/aromatic N) is 3. The van der Waals surface area contributed by atoms with Crippen molar-refractivity contribution in [2.24, 2.45) is 5.41 Å². The molecular weight excluding hydrogens is 530 g/mol. The van der Waals surface area contributed by atoms with Crippen LogP contribution in [0.3, 0.4) is 0 Å². The number of benzene rings is 2. The molecule has 11 heteroatoms. The molecule has 0 atom stereocenters. The highest BCUT2D eigenvalue weighted by molar-refractivity contribution is 7.92. The largest absolute Gasteiger partial charge is 0.395 e. The van der Waals surface area contributed by atoms with Gasteiger partial charge in [0, 0.05) is 45.5 Å². The molecule has 4 aliphatic rings. The van der Waals surface area contributed by atoms with E-state index in [-0.39, 0.29) is 11.7 Å². The minimum absolute atomic E-state index is 0.217. The van der Waals surface area contributed by atoms with Gasteiger partial charge in [-0.15, -0.1) is 0 Å². The van der Waals surface area contributed by atoms with Crippen molar-refractivity contribution < 1.29 is 23.1 Å². The molecular formula is C29H39N5O5S. The Hall–Kier alpha value is -3.02. The van der Waals surface area contributed by atoms with Crippen molar-refractivity contribution in [3.05, 3.63) is 41.5 Å². The molecule has 2 aromatic rings. The first kappa shape index (κ1) is 27.2. The summed E-state index contributed by atoms with van der Waals surface area (Å²) in [4.78, 5) is 20.6. The summed E-state index contributed by atoms with van der Waals surface area (Å²) in [6, 6.07) is 9.23. The third-order valence-corrected chi connectivity index (χ3v) is 10.1. The summed E-state index contributed by atoms with van der Waals surface area (Å²) in [6.45, 7) is 5.14. The van der Waals surface area contributed by atoms with E-state index in [0.29, 0.717) is 29.9 Å². The summed E-state index contributed by atoms with van der Waals surface area (Å²) in [7, 11) is -1.57. The molecule has 2 aromatic carbocycles. The smallest absolute Gasteiger partial charge is 0.257 e. The highest BCUT2D eigenvalue weighted by atomic mass is 32.2. The zero-order valence-electron chi connectivity index (χ0n) is 23.1. The van der Waals surface area contributed by atoms with Gasteiger partial charge in [-0.1, -0.05) is 0 Å². The molecule has 0 radical (unpaired) electrons. The molecule has 1 aliphatic carbocycles. The van der Waals surface area contributed by atoms with Crippen LogP contribution in [-0.4, -0.2) is 84.8 Å². The fourth-order valence-electron chi connectivity index (χ4n) is 6.32. The number of morpholine rings is 1. The summed E-state index contributed by atoms with van der Waals surface area (Å²) in [5.74, 6) is -0.596. The van der Waals surface area contributed by atoms with E-state index < -0.39 is 16.6 Å². The second-order valence-electron chi connectivity index (χ2n) is 11.6. The maximum Gasteiger partial charge on any atom is 0.257 e. The SMILES string of the molecule is CN1CCc2cc(NC(=O)c3ccc(NS(=O)(=O)CCO)cc3N3CCC4(CC3)CC4)cc(N3CCOCC3)c21. The Balaban J connectivity index is 1.30. The maximum atomic E-state index is 13.8. The Morgan fingerprint density at radius 2 is 1.65 bits per heavy atom. The standard InChI is InChI=1S/C29H39N5O5S/c1-32-9-4-21-18-23(20-26(27(21)32)34-12-15-39-16-13-34)30-28(36)24-3-2-22(31-40(37,38)17-14-35)19-25(24)33-10-7-29(5-6-29)8-11-33/h2-3,18-20,31,35H,4-17H2,1H3,(H,30,36). The van der Waals surface area contributed by atoms with Gasteiger partial charge in [0.2, 0.25) is 10.0 Å². The number of rotatable bonds is 8. The molecule has 3 N–H and O–H groups in total. The van der Waals surface area contributed by atoms with Gasteiger partial charge >= 0.3 is 0 Å². The van der Waals surface area contributed by atoms with Gasteiger partial charge in [0.05, 0.1) is 53.9 Å². The predicted molar refractivity (Wildman–Crippen MR) is 158 cm³/mol. The summed E-state index contributed by atoms with van der Waals surface area (Å²) in [5, 5.41) is 12.3. The Morgan fingerprint density at radius 3 is 2.35 bits per heavy atom. The summed E-state index contributed by atoms with van der Waals surface area (Å²) < 4.78 is 32.8. The van der Waals surface area contributed by atoms with Gasteiger partial charge in [-0.25, -0.2) is 8.42 Å². The van der Waals surface area contributed by atoms with E-state index in [1.54, 1.807) is 18.2 Å². The molecule has 216 valence electrons. The molecule has 0 unspecified atom stereocenters. The van der Waals surface area contributed by atoms with Crippen molar-refractivity contribution in [1.82, 2.24) is 0 Å². The lowest BCUT2D eigenvalue weighted by Gasteiger charge is -2.35. The summed E-state index contributed by atoms with van der Waals surface area (Å²) >= 11 is 0. The van der Waals surface area contributed by atoms with Crippen molar-refractivity contribution in [3.8, 4) is 0 Å². The average Bonchev–Trinajstić information content (AvgIpc) is 3.59. The number of nitrogens with one attached hydrogen (secondary N) is 2. The van der Waals surface area contributed by atoms with Gasteiger partial charge < -0.3 is 29.9 Å². The van der Waals surface area contributed by atoms with Crippen molar-refractivity contribution in [2.75, 3.05) is 90.1 Å². The second kappa shape index (κ2) is 10.8. The van der Waals surface area contributed by atoms with Crippen LogP contribution in [0.25, 0.3) is 0 Å². The van der Waals surface area contributed by atoms with Crippen molar-refractivity contribution >= 4 is 44.4 Å². The lowest BCUT2D eigenvalue weighted by atomic mass is 9.93. The van der Waals surface area contributed by atoms with Crippen LogP contribution in [-0.2, 0) is 21.2 Å². The minimum Gasteiger partial charge on any atom is -0.395 e. The topological polar surface area (TPSA) is 114 Å². The molecule has 3 fully saturated rings. The number of piperidine rings is 1. The maximum absolute atomic E-state index is 13.8.